The SMILES string of the molecule is O=C(OCCO)N(Cc1ccccc1)Cc1ccccc1. The highest BCUT2D eigenvalue weighted by Gasteiger charge is 2.15. The average molecular weight is 285 g/mol. The van der Waals surface area contributed by atoms with Crippen molar-refractivity contribution >= 4 is 6.09 Å². The van der Waals surface area contributed by atoms with Gasteiger partial charge in [-0.2, -0.15) is 0 Å². The number of ether oxygens (including phenoxy) is 1. The molecule has 0 heterocycles. The van der Waals surface area contributed by atoms with Crippen molar-refractivity contribution in [1.82, 2.24) is 4.90 Å². The lowest BCUT2D eigenvalue weighted by Crippen LogP contribution is -2.31. The standard InChI is InChI=1S/C17H19NO3/c19-11-12-21-17(20)18(13-15-7-3-1-4-8-15)14-16-9-5-2-6-10-16/h1-10,19H,11-14H2. The maximum Gasteiger partial charge on any atom is 0.410 e. The Morgan fingerprint density at radius 1 is 0.905 bits per heavy atom. The summed E-state index contributed by atoms with van der Waals surface area (Å²) >= 11 is 0. The van der Waals surface area contributed by atoms with E-state index in [0.29, 0.717) is 13.1 Å². The van der Waals surface area contributed by atoms with Gasteiger partial charge >= 0.3 is 6.09 Å². The zero-order valence-corrected chi connectivity index (χ0v) is 11.8. The van der Waals surface area contributed by atoms with E-state index in [1.165, 1.54) is 0 Å². The quantitative estimate of drug-likeness (QED) is 0.888. The lowest BCUT2D eigenvalue weighted by Gasteiger charge is -2.22. The van der Waals surface area contributed by atoms with Crippen molar-refractivity contribution in [2.75, 3.05) is 13.2 Å². The summed E-state index contributed by atoms with van der Waals surface area (Å²) < 4.78 is 5.03. The molecule has 4 nitrogen and oxygen atoms in total. The number of hydrogen-bond acceptors (Lipinski definition) is 3. The third kappa shape index (κ3) is 4.93. The Labute approximate surface area is 124 Å². The van der Waals surface area contributed by atoms with Crippen LogP contribution in [-0.4, -0.2) is 29.3 Å². The smallest absolute Gasteiger partial charge is 0.410 e. The molecule has 0 aromatic heterocycles. The van der Waals surface area contributed by atoms with E-state index in [4.69, 9.17) is 9.84 Å². The second-order valence-electron chi connectivity index (χ2n) is 4.67. The molecule has 1 N–H and O–H groups in total. The van der Waals surface area contributed by atoms with Gasteiger partial charge in [-0.25, -0.2) is 4.79 Å². The first kappa shape index (κ1) is 15.1. The molecular weight excluding hydrogens is 266 g/mol. The molecule has 0 unspecified atom stereocenters. The number of aliphatic hydroxyl groups excluding tert-OH is 1. The van der Waals surface area contributed by atoms with Gasteiger partial charge < -0.3 is 9.84 Å². The molecule has 0 saturated heterocycles. The highest BCUT2D eigenvalue weighted by atomic mass is 16.6. The summed E-state index contributed by atoms with van der Waals surface area (Å²) in [6, 6.07) is 19.5. The van der Waals surface area contributed by atoms with Crippen molar-refractivity contribution in [2.45, 2.75) is 13.1 Å². The minimum atomic E-state index is -0.420. The van der Waals surface area contributed by atoms with Crippen LogP contribution < -0.4 is 0 Å². The van der Waals surface area contributed by atoms with Crippen molar-refractivity contribution < 1.29 is 14.6 Å². The van der Waals surface area contributed by atoms with Gasteiger partial charge in [-0.05, 0) is 11.1 Å². The van der Waals surface area contributed by atoms with Crippen LogP contribution >= 0.6 is 0 Å². The fraction of sp³-hybridized carbons (Fsp3) is 0.235. The van der Waals surface area contributed by atoms with Crippen molar-refractivity contribution in [3.63, 3.8) is 0 Å². The summed E-state index contributed by atoms with van der Waals surface area (Å²) in [6.45, 7) is 0.787. The predicted octanol–water partition coefficient (Wildman–Crippen LogP) is 2.82. The normalized spacial score (nSPS) is 10.1. The molecular formula is C17H19NO3. The summed E-state index contributed by atoms with van der Waals surface area (Å²) in [5.41, 5.74) is 2.07. The van der Waals surface area contributed by atoms with Crippen molar-refractivity contribution in [1.29, 1.82) is 0 Å². The Morgan fingerprint density at radius 2 is 1.38 bits per heavy atom. The summed E-state index contributed by atoms with van der Waals surface area (Å²) in [5.74, 6) is 0. The second-order valence-corrected chi connectivity index (χ2v) is 4.67. The van der Waals surface area contributed by atoms with E-state index in [2.05, 4.69) is 0 Å². The summed E-state index contributed by atoms with van der Waals surface area (Å²) in [4.78, 5) is 13.7. The maximum atomic E-state index is 12.1. The number of benzene rings is 2. The van der Waals surface area contributed by atoms with E-state index in [1.807, 2.05) is 60.7 Å². The van der Waals surface area contributed by atoms with E-state index in [9.17, 15) is 4.79 Å². The number of carbonyl (C=O) groups is 1. The molecule has 110 valence electrons. The van der Waals surface area contributed by atoms with Crippen LogP contribution in [0.25, 0.3) is 0 Å². The first-order chi connectivity index (χ1) is 10.3. The van der Waals surface area contributed by atoms with Crippen LogP contribution in [0.3, 0.4) is 0 Å². The number of nitrogens with zero attached hydrogens (tertiary/aromatic N) is 1. The molecule has 0 radical (unpaired) electrons. The zero-order valence-electron chi connectivity index (χ0n) is 11.8. The minimum absolute atomic E-state index is 0.0128. The Hall–Kier alpha value is -2.33. The van der Waals surface area contributed by atoms with Crippen LogP contribution in [0.1, 0.15) is 11.1 Å². The lowest BCUT2D eigenvalue weighted by molar-refractivity contribution is 0.0798. The average Bonchev–Trinajstić information content (AvgIpc) is 2.54. The summed E-state index contributed by atoms with van der Waals surface area (Å²) in [7, 11) is 0. The van der Waals surface area contributed by atoms with Crippen LogP contribution in [-0.2, 0) is 17.8 Å². The third-order valence-electron chi connectivity index (χ3n) is 3.01. The van der Waals surface area contributed by atoms with Gasteiger partial charge in [-0.1, -0.05) is 60.7 Å². The van der Waals surface area contributed by atoms with Gasteiger partial charge in [-0.3, -0.25) is 4.90 Å². The molecule has 0 spiro atoms. The molecule has 2 rings (SSSR count). The summed E-state index contributed by atoms with van der Waals surface area (Å²) in [6.07, 6.45) is -0.420. The molecule has 0 bridgehead atoms. The van der Waals surface area contributed by atoms with Crippen molar-refractivity contribution in [3.8, 4) is 0 Å². The number of aliphatic hydroxyl groups is 1. The Morgan fingerprint density at radius 3 is 1.81 bits per heavy atom. The Balaban J connectivity index is 2.08. The van der Waals surface area contributed by atoms with Gasteiger partial charge in [0, 0.05) is 13.1 Å². The first-order valence-electron chi connectivity index (χ1n) is 6.90. The van der Waals surface area contributed by atoms with E-state index in [1.54, 1.807) is 4.90 Å². The van der Waals surface area contributed by atoms with Gasteiger partial charge in [0.15, 0.2) is 0 Å². The molecule has 0 aliphatic carbocycles. The molecule has 0 saturated carbocycles. The van der Waals surface area contributed by atoms with Crippen LogP contribution in [0.5, 0.6) is 0 Å². The fourth-order valence-corrected chi connectivity index (χ4v) is 2.02. The van der Waals surface area contributed by atoms with Crippen LogP contribution in [0.2, 0.25) is 0 Å². The monoisotopic (exact) mass is 285 g/mol. The van der Waals surface area contributed by atoms with Crippen LogP contribution in [0.4, 0.5) is 4.79 Å². The topological polar surface area (TPSA) is 49.8 Å². The first-order valence-corrected chi connectivity index (χ1v) is 6.90. The molecule has 2 aromatic rings. The Kier molecular flexibility index (Phi) is 5.79. The molecule has 0 aliphatic rings. The Bertz CT molecular complexity index is 501. The molecule has 2 aromatic carbocycles. The largest absolute Gasteiger partial charge is 0.447 e. The van der Waals surface area contributed by atoms with Gasteiger partial charge in [-0.15, -0.1) is 0 Å². The number of amides is 1. The zero-order chi connectivity index (χ0) is 14.9. The minimum Gasteiger partial charge on any atom is -0.447 e. The molecule has 0 aliphatic heterocycles. The molecule has 0 atom stereocenters. The van der Waals surface area contributed by atoms with Gasteiger partial charge in [0.1, 0.15) is 6.61 Å². The van der Waals surface area contributed by atoms with Crippen molar-refractivity contribution in [3.05, 3.63) is 71.8 Å². The van der Waals surface area contributed by atoms with E-state index < -0.39 is 6.09 Å². The predicted molar refractivity (Wildman–Crippen MR) is 80.6 cm³/mol. The van der Waals surface area contributed by atoms with Crippen LogP contribution in [0, 0.1) is 0 Å². The molecule has 21 heavy (non-hydrogen) atoms. The van der Waals surface area contributed by atoms with E-state index in [-0.39, 0.29) is 13.2 Å². The molecule has 4 heteroatoms. The molecule has 0 fully saturated rings. The maximum absolute atomic E-state index is 12.1. The van der Waals surface area contributed by atoms with Crippen LogP contribution in [0.15, 0.2) is 60.7 Å². The number of carbonyl (C=O) groups excluding carboxylic acids is 1. The van der Waals surface area contributed by atoms with Gasteiger partial charge in [0.25, 0.3) is 0 Å². The number of hydrogen-bond donors (Lipinski definition) is 1. The highest BCUT2D eigenvalue weighted by molar-refractivity contribution is 5.67. The number of rotatable bonds is 6. The van der Waals surface area contributed by atoms with Crippen molar-refractivity contribution in [2.24, 2.45) is 0 Å². The van der Waals surface area contributed by atoms with E-state index in [0.717, 1.165) is 11.1 Å². The third-order valence-corrected chi connectivity index (χ3v) is 3.01. The van der Waals surface area contributed by atoms with Gasteiger partial charge in [0.05, 0.1) is 6.61 Å². The second kappa shape index (κ2) is 8.07. The van der Waals surface area contributed by atoms with Gasteiger partial charge in [0.2, 0.25) is 0 Å². The fourth-order valence-electron chi connectivity index (χ4n) is 2.02. The lowest BCUT2D eigenvalue weighted by atomic mass is 10.2. The van der Waals surface area contributed by atoms with E-state index >= 15 is 0 Å². The molecule has 1 amide bonds. The highest BCUT2D eigenvalue weighted by Crippen LogP contribution is 2.11. The summed E-state index contributed by atoms with van der Waals surface area (Å²) in [5, 5.41) is 8.78.